The van der Waals surface area contributed by atoms with Gasteiger partial charge in [-0.05, 0) is 18.6 Å². The lowest BCUT2D eigenvalue weighted by atomic mass is 10.2. The highest BCUT2D eigenvalue weighted by atomic mass is 16.5. The number of nitrogens with one attached hydrogen (secondary N) is 1. The Hall–Kier alpha value is -2.08. The van der Waals surface area contributed by atoms with Crippen molar-refractivity contribution in [1.29, 1.82) is 0 Å². The molecular weight excluding hydrogens is 236 g/mol. The smallest absolute Gasteiger partial charge is 0.341 e. The minimum Gasteiger partial charge on any atom is -0.480 e. The molecule has 1 amide bonds. The van der Waals surface area contributed by atoms with Crippen molar-refractivity contribution < 1.29 is 19.4 Å². The molecule has 18 heavy (non-hydrogen) atoms. The van der Waals surface area contributed by atoms with Crippen molar-refractivity contribution in [3.05, 3.63) is 24.3 Å². The van der Waals surface area contributed by atoms with Crippen molar-refractivity contribution in [2.75, 3.05) is 11.9 Å². The molecule has 1 rings (SSSR count). The molecule has 0 aliphatic heterocycles. The molecule has 0 saturated heterocycles. The minimum atomic E-state index is -1.08. The van der Waals surface area contributed by atoms with Crippen LogP contribution in [0.15, 0.2) is 24.3 Å². The van der Waals surface area contributed by atoms with Gasteiger partial charge in [0.2, 0.25) is 5.91 Å². The SMILES string of the molecule is CCC(N)C(=O)Nc1ccccc1OCC(=O)O. The first kappa shape index (κ1) is 14.0. The van der Waals surface area contributed by atoms with Crippen molar-refractivity contribution in [1.82, 2.24) is 0 Å². The first-order chi connectivity index (χ1) is 8.54. The molecule has 0 saturated carbocycles. The van der Waals surface area contributed by atoms with Gasteiger partial charge in [-0.3, -0.25) is 4.79 Å². The maximum Gasteiger partial charge on any atom is 0.341 e. The summed E-state index contributed by atoms with van der Waals surface area (Å²) in [4.78, 5) is 22.1. The molecule has 1 unspecified atom stereocenters. The third-order valence-corrected chi connectivity index (χ3v) is 2.27. The summed E-state index contributed by atoms with van der Waals surface area (Å²) in [7, 11) is 0. The largest absolute Gasteiger partial charge is 0.480 e. The average Bonchev–Trinajstić information content (AvgIpc) is 2.36. The lowest BCUT2D eigenvalue weighted by Crippen LogP contribution is -2.34. The Morgan fingerprint density at radius 3 is 2.72 bits per heavy atom. The zero-order valence-corrected chi connectivity index (χ0v) is 10.1. The zero-order chi connectivity index (χ0) is 13.5. The molecule has 0 radical (unpaired) electrons. The van der Waals surface area contributed by atoms with E-state index in [0.29, 0.717) is 17.9 Å². The van der Waals surface area contributed by atoms with Crippen molar-refractivity contribution in [2.45, 2.75) is 19.4 Å². The summed E-state index contributed by atoms with van der Waals surface area (Å²) < 4.78 is 5.06. The molecule has 0 spiro atoms. The van der Waals surface area contributed by atoms with Gasteiger partial charge in [-0.2, -0.15) is 0 Å². The van der Waals surface area contributed by atoms with Crippen LogP contribution in [0.1, 0.15) is 13.3 Å². The summed E-state index contributed by atoms with van der Waals surface area (Å²) in [6.07, 6.45) is 0.518. The van der Waals surface area contributed by atoms with Crippen LogP contribution in [-0.2, 0) is 9.59 Å². The lowest BCUT2D eigenvalue weighted by Gasteiger charge is -2.13. The van der Waals surface area contributed by atoms with Crippen molar-refractivity contribution in [3.8, 4) is 5.75 Å². The third kappa shape index (κ3) is 4.06. The van der Waals surface area contributed by atoms with E-state index < -0.39 is 18.6 Å². The highest BCUT2D eigenvalue weighted by Gasteiger charge is 2.13. The van der Waals surface area contributed by atoms with E-state index in [-0.39, 0.29) is 5.91 Å². The Kier molecular flexibility index (Phi) is 5.13. The van der Waals surface area contributed by atoms with Crippen LogP contribution >= 0.6 is 0 Å². The van der Waals surface area contributed by atoms with Gasteiger partial charge < -0.3 is 20.9 Å². The summed E-state index contributed by atoms with van der Waals surface area (Å²) in [5, 5.41) is 11.1. The van der Waals surface area contributed by atoms with Crippen molar-refractivity contribution in [2.24, 2.45) is 5.73 Å². The van der Waals surface area contributed by atoms with Gasteiger partial charge in [-0.15, -0.1) is 0 Å². The minimum absolute atomic E-state index is 0.302. The van der Waals surface area contributed by atoms with Gasteiger partial charge in [0.25, 0.3) is 0 Å². The van der Waals surface area contributed by atoms with Crippen LogP contribution < -0.4 is 15.8 Å². The van der Waals surface area contributed by atoms with Crippen LogP contribution in [0.3, 0.4) is 0 Å². The highest BCUT2D eigenvalue weighted by Crippen LogP contribution is 2.23. The fourth-order valence-electron chi connectivity index (χ4n) is 1.25. The van der Waals surface area contributed by atoms with Crippen LogP contribution in [0.4, 0.5) is 5.69 Å². The highest BCUT2D eigenvalue weighted by molar-refractivity contribution is 5.95. The van der Waals surface area contributed by atoms with Crippen molar-refractivity contribution in [3.63, 3.8) is 0 Å². The van der Waals surface area contributed by atoms with E-state index in [1.807, 2.05) is 0 Å². The molecule has 0 bridgehead atoms. The summed E-state index contributed by atoms with van der Waals surface area (Å²) in [5.41, 5.74) is 6.00. The number of carbonyl (C=O) groups excluding carboxylic acids is 1. The number of nitrogens with two attached hydrogens (primary N) is 1. The molecule has 1 aromatic rings. The number of anilines is 1. The Labute approximate surface area is 105 Å². The fourth-order valence-corrected chi connectivity index (χ4v) is 1.25. The normalized spacial score (nSPS) is 11.7. The number of carboxylic acids is 1. The molecule has 6 heteroatoms. The molecule has 0 aliphatic carbocycles. The Morgan fingerprint density at radius 1 is 1.44 bits per heavy atom. The average molecular weight is 252 g/mol. The van der Waals surface area contributed by atoms with E-state index in [4.69, 9.17) is 15.6 Å². The summed E-state index contributed by atoms with van der Waals surface area (Å²) in [6, 6.07) is 6.00. The van der Waals surface area contributed by atoms with E-state index in [1.165, 1.54) is 0 Å². The Morgan fingerprint density at radius 2 is 2.11 bits per heavy atom. The molecule has 1 aromatic carbocycles. The third-order valence-electron chi connectivity index (χ3n) is 2.27. The van der Waals surface area contributed by atoms with Crippen LogP contribution in [-0.4, -0.2) is 29.6 Å². The molecule has 4 N–H and O–H groups in total. The number of hydrogen-bond acceptors (Lipinski definition) is 4. The van der Waals surface area contributed by atoms with Crippen LogP contribution in [0.2, 0.25) is 0 Å². The maximum absolute atomic E-state index is 11.6. The number of benzene rings is 1. The number of aliphatic carboxylic acids is 1. The number of para-hydroxylation sites is 2. The molecular formula is C12H16N2O4. The number of rotatable bonds is 6. The van der Waals surface area contributed by atoms with Gasteiger partial charge in [0, 0.05) is 0 Å². The molecule has 0 heterocycles. The number of amides is 1. The summed E-state index contributed by atoms with van der Waals surface area (Å²) >= 11 is 0. The second-order valence-electron chi connectivity index (χ2n) is 3.68. The second-order valence-corrected chi connectivity index (χ2v) is 3.68. The quantitative estimate of drug-likeness (QED) is 0.696. The topological polar surface area (TPSA) is 102 Å². The van der Waals surface area contributed by atoms with Crippen LogP contribution in [0.5, 0.6) is 5.75 Å². The molecule has 1 atom stereocenters. The monoisotopic (exact) mass is 252 g/mol. The Balaban J connectivity index is 2.75. The summed E-state index contributed by atoms with van der Waals surface area (Å²) in [5.74, 6) is -1.11. The number of hydrogen-bond donors (Lipinski definition) is 3. The second kappa shape index (κ2) is 6.61. The Bertz CT molecular complexity index is 434. The number of carbonyl (C=O) groups is 2. The standard InChI is InChI=1S/C12H16N2O4/c1-2-8(13)12(17)14-9-5-3-4-6-10(9)18-7-11(15)16/h3-6,8H,2,7,13H2,1H3,(H,14,17)(H,15,16). The van der Waals surface area contributed by atoms with E-state index in [1.54, 1.807) is 31.2 Å². The van der Waals surface area contributed by atoms with Gasteiger partial charge in [0.15, 0.2) is 6.61 Å². The van der Waals surface area contributed by atoms with Crippen LogP contribution in [0, 0.1) is 0 Å². The number of ether oxygens (including phenoxy) is 1. The predicted octanol–water partition coefficient (Wildman–Crippen LogP) is 0.826. The van der Waals surface area contributed by atoms with E-state index in [0.717, 1.165) is 0 Å². The lowest BCUT2D eigenvalue weighted by molar-refractivity contribution is -0.139. The maximum atomic E-state index is 11.6. The summed E-state index contributed by atoms with van der Waals surface area (Å²) in [6.45, 7) is 1.34. The van der Waals surface area contributed by atoms with Gasteiger partial charge >= 0.3 is 5.97 Å². The molecule has 0 aliphatic rings. The fraction of sp³-hybridized carbons (Fsp3) is 0.333. The van der Waals surface area contributed by atoms with Crippen LogP contribution in [0.25, 0.3) is 0 Å². The molecule has 6 nitrogen and oxygen atoms in total. The van der Waals surface area contributed by atoms with Crippen molar-refractivity contribution >= 4 is 17.6 Å². The first-order valence-corrected chi connectivity index (χ1v) is 5.54. The zero-order valence-electron chi connectivity index (χ0n) is 10.1. The predicted molar refractivity (Wildman–Crippen MR) is 66.5 cm³/mol. The van der Waals surface area contributed by atoms with Gasteiger partial charge in [-0.25, -0.2) is 4.79 Å². The molecule has 0 fully saturated rings. The first-order valence-electron chi connectivity index (χ1n) is 5.54. The number of carboxylic acid groups (broad SMARTS) is 1. The van der Waals surface area contributed by atoms with Gasteiger partial charge in [-0.1, -0.05) is 19.1 Å². The van der Waals surface area contributed by atoms with E-state index in [2.05, 4.69) is 5.32 Å². The van der Waals surface area contributed by atoms with E-state index >= 15 is 0 Å². The van der Waals surface area contributed by atoms with Gasteiger partial charge in [0.1, 0.15) is 5.75 Å². The molecule has 0 aromatic heterocycles. The van der Waals surface area contributed by atoms with Gasteiger partial charge in [0.05, 0.1) is 11.7 Å². The molecule has 98 valence electrons. The van der Waals surface area contributed by atoms with E-state index in [9.17, 15) is 9.59 Å².